The number of aliphatic hydroxyl groups is 5. The summed E-state index contributed by atoms with van der Waals surface area (Å²) >= 11 is -5.94. The third-order valence-electron chi connectivity index (χ3n) is 9.93. The van der Waals surface area contributed by atoms with E-state index in [1.165, 1.54) is 52.0 Å². The van der Waals surface area contributed by atoms with Gasteiger partial charge in [0, 0.05) is 156 Å². The second kappa shape index (κ2) is 81.8. The number of amides is 9. The van der Waals surface area contributed by atoms with Gasteiger partial charge in [-0.25, -0.2) is 36.0 Å². The number of hydrogen-bond acceptors (Lipinski definition) is 43. The van der Waals surface area contributed by atoms with Gasteiger partial charge in [-0.1, -0.05) is 45.7 Å². The fourth-order valence-corrected chi connectivity index (χ4v) is 6.20. The summed E-state index contributed by atoms with van der Waals surface area (Å²) in [6.07, 6.45) is -0.0608. The molecule has 0 aliphatic carbocycles. The summed E-state index contributed by atoms with van der Waals surface area (Å²) in [5.74, 6) is -6.91. The van der Waals surface area contributed by atoms with Gasteiger partial charge in [0.25, 0.3) is 47.1 Å². The van der Waals surface area contributed by atoms with Crippen molar-refractivity contribution in [3.05, 3.63) is 63.9 Å². The number of hydroxylamine groups is 8. The molecule has 0 saturated carbocycles. The first-order valence-electron chi connectivity index (χ1n) is 31.5. The Hall–Kier alpha value is -8.36. The van der Waals surface area contributed by atoms with Crippen LogP contribution in [0.2, 0.25) is 0 Å². The van der Waals surface area contributed by atoms with Gasteiger partial charge < -0.3 is 85.9 Å². The maximum absolute atomic E-state index is 10.7. The SMILES string of the molecule is C.C.C=CS(=O)(=O)CCN.C=CS(=O)(=O)CCNC(C)=O.CC(=O)O.CC(=O)ON1C(=O)CCC1=O.CC(=O)ON1C(=O)CCC1=O.CC(=O)ON1C(=O)CCC1=O.CC(=O)ONCC(O)CO.CC(=O)ONCC=O.CCO.CCOC(=O)OC.CN1C(=O)CCC1=O.Cc1ccc([N+](=O)[O-])cc1.NCC(O)CO.[K+].[O-][I+3]([O-])([O-])[O-]. The number of nitrogens with two attached hydrogens (primary N) is 2. The number of hydrogen-bond donors (Lipinski definition) is 11. The number of carboxylic acids is 1. The molecule has 1 aromatic carbocycles. The van der Waals surface area contributed by atoms with Gasteiger partial charge in [0.15, 0.2) is 19.7 Å². The third kappa shape index (κ3) is 98.0. The Morgan fingerprint density at radius 1 is 0.603 bits per heavy atom. The Kier molecular flexibility index (Phi) is 94.3. The zero-order chi connectivity index (χ0) is 90.4. The van der Waals surface area contributed by atoms with Crippen LogP contribution in [0.25, 0.3) is 0 Å². The van der Waals surface area contributed by atoms with Gasteiger partial charge in [-0.2, -0.15) is 5.48 Å². The number of nitrogens with zero attached hydrogens (tertiary/aromatic N) is 5. The van der Waals surface area contributed by atoms with Crippen molar-refractivity contribution < 1.29 is 253 Å². The Morgan fingerprint density at radius 2 is 0.905 bits per heavy atom. The second-order valence-corrected chi connectivity index (χ2v) is 26.1. The molecule has 1 aromatic rings. The molecule has 54 heteroatoms. The molecule has 0 radical (unpaired) electrons. The molecule has 9 amide bonds. The quantitative estimate of drug-likeness (QED) is 0.00627. The number of methoxy groups -OCH3 is 1. The number of aryl methyl sites for hydroxylation is 1. The molecule has 4 saturated heterocycles. The number of aliphatic hydroxyl groups excluding tert-OH is 5. The number of nitrogens with one attached hydrogen (secondary N) is 3. The minimum absolute atomic E-state index is 0. The van der Waals surface area contributed by atoms with Crippen molar-refractivity contribution in [1.29, 1.82) is 0 Å². The van der Waals surface area contributed by atoms with Crippen molar-refractivity contribution in [3.63, 3.8) is 0 Å². The number of aldehydes is 1. The fraction of sp³-hybridized carbons (Fsp3) is 0.565. The molecule has 50 nitrogen and oxygen atoms in total. The first kappa shape index (κ1) is 134. The molecule has 116 heavy (non-hydrogen) atoms. The van der Waals surface area contributed by atoms with Crippen LogP contribution < -0.4 is 113 Å². The smallest absolute Gasteiger partial charge is 0.481 e. The van der Waals surface area contributed by atoms with Gasteiger partial charge in [0.05, 0.1) is 68.7 Å². The van der Waals surface area contributed by atoms with Crippen molar-refractivity contribution in [2.24, 2.45) is 11.5 Å². The van der Waals surface area contributed by atoms with Crippen LogP contribution in [0.15, 0.2) is 48.2 Å². The number of nitro groups is 1. The van der Waals surface area contributed by atoms with Crippen molar-refractivity contribution >= 4 is 127 Å². The number of nitro benzene ring substituents is 1. The molecule has 4 aliphatic rings. The number of aliphatic carboxylic acids is 1. The monoisotopic (exact) mass is 1860 g/mol. The maximum Gasteiger partial charge on any atom is 1.00 e. The van der Waals surface area contributed by atoms with Gasteiger partial charge in [-0.3, -0.25) is 86.3 Å². The van der Waals surface area contributed by atoms with Crippen LogP contribution in [0.3, 0.4) is 0 Å². The molecule has 0 bridgehead atoms. The number of benzene rings is 1. The van der Waals surface area contributed by atoms with E-state index in [0.29, 0.717) is 40.9 Å². The molecular weight excluding hydrogens is 1750 g/mol. The molecular formula is C62H108IKN10O40S2. The summed E-state index contributed by atoms with van der Waals surface area (Å²) in [6, 6.07) is 6.43. The minimum Gasteiger partial charge on any atom is -0.481 e. The van der Waals surface area contributed by atoms with E-state index in [1.54, 1.807) is 26.0 Å². The van der Waals surface area contributed by atoms with Crippen molar-refractivity contribution in [1.82, 2.24) is 36.4 Å². The number of carbonyl (C=O) groups is 17. The van der Waals surface area contributed by atoms with E-state index >= 15 is 0 Å². The predicted molar refractivity (Wildman–Crippen MR) is 384 cm³/mol. The molecule has 13 N–H and O–H groups in total. The number of carbonyl (C=O) groups excluding carboxylic acids is 16. The average molecular weight is 1860 g/mol. The van der Waals surface area contributed by atoms with E-state index in [1.807, 2.05) is 6.92 Å². The molecule has 4 fully saturated rings. The number of ether oxygens (including phenoxy) is 2. The first-order valence-corrected chi connectivity index (χ1v) is 38.4. The normalized spacial score (nSPS) is 12.7. The van der Waals surface area contributed by atoms with Crippen molar-refractivity contribution in [2.45, 2.75) is 148 Å². The Morgan fingerprint density at radius 3 is 1.09 bits per heavy atom. The van der Waals surface area contributed by atoms with Crippen LogP contribution in [-0.2, 0) is 130 Å². The number of rotatable bonds is 21. The van der Waals surface area contributed by atoms with E-state index in [9.17, 15) is 104 Å². The summed E-state index contributed by atoms with van der Waals surface area (Å²) < 4.78 is 85.2. The van der Waals surface area contributed by atoms with Crippen molar-refractivity contribution in [3.8, 4) is 0 Å². The predicted octanol–water partition coefficient (Wildman–Crippen LogP) is -12.9. The first-order chi connectivity index (χ1) is 52.0. The zero-order valence-corrected chi connectivity index (χ0v) is 71.6. The molecule has 4 heterocycles. The molecule has 2 atom stereocenters. The standard InChI is InChI=1S/C7H7NO2.3C6H7NO4.C6H11NO3S.C5H11NO4.C5H7NO2.C4H7NO3.C4H9NO2S.C4H8O3.C3H9NO2.C2H4O2.C2H6O.2CH4.IO4.K/c1-6-2-4-7(5-3-6)8(9)10;3*1-4(8)11-7-5(9)2-3-6(7)10;1-3-11(9,10)5-4-7-6(2)8;1-4(8)10-6-2-5(9)3-7;1-6-4(7)2-3-5(6)8;1-4(7)8-5-2-3-6;1-2-8(6,7)4-3-5;1-3-7-4(5)6-2;4-1-3(6)2-5;1-2(3)4;1-2-3;;;2-1(3,4)5;/h2-5H,1H3;3*2-3H2,1H3;3H,1,4-5H2,2H3,(H,7,8);5-7,9H,2-3H2,1H3;2-3H2,1H3;3,5H,2H2,1H3;2H,1,3-5H2;3H2,1-2H3;3,5-6H,1-2,4H2;1H3,(H,3,4);3H,2H2,1H3;2*1H4;;/q;;;;;;;;;;;;;;;-1;+1. The summed E-state index contributed by atoms with van der Waals surface area (Å²) in [4.78, 5) is 208. The number of sulfone groups is 2. The molecule has 0 aromatic heterocycles. The van der Waals surface area contributed by atoms with E-state index < -0.39 is 134 Å². The number of carboxylic acid groups (broad SMARTS) is 1. The summed E-state index contributed by atoms with van der Waals surface area (Å²) in [5.41, 5.74) is 15.3. The second-order valence-electron chi connectivity index (χ2n) is 19.8. The fourth-order valence-electron chi connectivity index (χ4n) is 5.15. The molecule has 0 spiro atoms. The summed E-state index contributed by atoms with van der Waals surface area (Å²) in [7, 11) is -3.41. The van der Waals surface area contributed by atoms with Gasteiger partial charge in [-0.05, 0) is 20.8 Å². The summed E-state index contributed by atoms with van der Waals surface area (Å²) in [6.45, 7) is 20.4. The Labute approximate surface area is 718 Å². The number of halogens is 1. The molecule has 2 unspecified atom stereocenters. The third-order valence-corrected chi connectivity index (χ3v) is 12.5. The van der Waals surface area contributed by atoms with Gasteiger partial charge >= 0.3 is 87.4 Å². The van der Waals surface area contributed by atoms with Crippen LogP contribution in [0.5, 0.6) is 0 Å². The van der Waals surface area contributed by atoms with Gasteiger partial charge in [0.2, 0.25) is 17.7 Å². The maximum atomic E-state index is 10.7. The van der Waals surface area contributed by atoms with Crippen molar-refractivity contribution in [2.75, 3.05) is 84.8 Å². The van der Waals surface area contributed by atoms with Crippen LogP contribution in [0, 0.1) is 17.0 Å². The van der Waals surface area contributed by atoms with E-state index in [-0.39, 0.29) is 192 Å². The van der Waals surface area contributed by atoms with Crippen LogP contribution in [0.4, 0.5) is 10.5 Å². The van der Waals surface area contributed by atoms with E-state index in [2.05, 4.69) is 63.1 Å². The van der Waals surface area contributed by atoms with Crippen LogP contribution in [-0.4, -0.2) is 271 Å². The number of non-ortho nitro benzene ring substituents is 1. The number of imide groups is 4. The summed E-state index contributed by atoms with van der Waals surface area (Å²) in [5, 5.41) is 64.1. The molecule has 5 rings (SSSR count). The average Bonchev–Trinajstić information content (AvgIpc) is 1.74. The Bertz CT molecular complexity index is 3160. The Balaban J connectivity index is -0.000000101. The minimum atomic E-state index is -5.94. The van der Waals surface area contributed by atoms with E-state index in [4.69, 9.17) is 60.6 Å². The largest absolute Gasteiger partial charge is 1.00 e. The van der Waals surface area contributed by atoms with Crippen LogP contribution in [0.1, 0.15) is 134 Å². The van der Waals surface area contributed by atoms with Gasteiger partial charge in [0.1, 0.15) is 26.4 Å². The van der Waals surface area contributed by atoms with E-state index in [0.717, 1.165) is 44.1 Å². The van der Waals surface area contributed by atoms with Crippen LogP contribution >= 0.6 is 0 Å². The van der Waals surface area contributed by atoms with Gasteiger partial charge in [-0.15, -0.1) is 20.7 Å². The zero-order valence-electron chi connectivity index (χ0n) is 64.7. The molecule has 666 valence electrons. The topological polar surface area (TPSA) is 781 Å². The number of likely N-dealkylation sites (tertiary alicyclic amines) is 1. The molecule has 4 aliphatic heterocycles.